The van der Waals surface area contributed by atoms with Crippen molar-refractivity contribution in [2.24, 2.45) is 0 Å². The number of carbonyl (C=O) groups excluding carboxylic acids is 1. The Labute approximate surface area is 137 Å². The fraction of sp³-hybridized carbons (Fsp3) is 0.278. The Hall–Kier alpha value is -2.69. The maximum Gasteiger partial charge on any atom is 0.255 e. The summed E-state index contributed by atoms with van der Waals surface area (Å²) in [6.07, 6.45) is 0. The van der Waals surface area contributed by atoms with Gasteiger partial charge in [0.25, 0.3) is 5.91 Å². The van der Waals surface area contributed by atoms with Crippen LogP contribution in [-0.4, -0.2) is 41.2 Å². The lowest BCUT2D eigenvalue weighted by Crippen LogP contribution is -2.19. The molecule has 23 heavy (non-hydrogen) atoms. The van der Waals surface area contributed by atoms with E-state index in [0.717, 1.165) is 11.4 Å². The van der Waals surface area contributed by atoms with Crippen LogP contribution >= 0.6 is 0 Å². The van der Waals surface area contributed by atoms with Gasteiger partial charge in [-0.3, -0.25) is 4.79 Å². The maximum absolute atomic E-state index is 12.5. The average molecular weight is 313 g/mol. The summed E-state index contributed by atoms with van der Waals surface area (Å²) in [7, 11) is 9.41. The van der Waals surface area contributed by atoms with E-state index in [1.54, 1.807) is 19.2 Å². The summed E-state index contributed by atoms with van der Waals surface area (Å²) in [5.74, 6) is 0.466. The van der Waals surface area contributed by atoms with E-state index in [1.165, 1.54) is 0 Å². The summed E-state index contributed by atoms with van der Waals surface area (Å²) >= 11 is 0. The summed E-state index contributed by atoms with van der Waals surface area (Å²) in [6.45, 7) is 0. The normalized spacial score (nSPS) is 10.1. The highest BCUT2D eigenvalue weighted by Crippen LogP contribution is 2.38. The lowest BCUT2D eigenvalue weighted by atomic mass is 10.1. The van der Waals surface area contributed by atoms with E-state index < -0.39 is 0 Å². The number of anilines is 3. The lowest BCUT2D eigenvalue weighted by Gasteiger charge is -2.24. The first-order valence-corrected chi connectivity index (χ1v) is 7.37. The Balaban J connectivity index is 2.46. The Kier molecular flexibility index (Phi) is 5.11. The fourth-order valence-corrected chi connectivity index (χ4v) is 2.26. The molecule has 0 saturated heterocycles. The maximum atomic E-state index is 12.5. The lowest BCUT2D eigenvalue weighted by molar-refractivity contribution is 0.102. The zero-order valence-electron chi connectivity index (χ0n) is 14.3. The van der Waals surface area contributed by atoms with Gasteiger partial charge in [0.15, 0.2) is 0 Å². The van der Waals surface area contributed by atoms with Gasteiger partial charge in [0.2, 0.25) is 0 Å². The third-order valence-corrected chi connectivity index (χ3v) is 3.56. The number of hydrogen-bond donors (Lipinski definition) is 1. The molecule has 0 aliphatic carbocycles. The molecule has 0 spiro atoms. The number of hydrogen-bond acceptors (Lipinski definition) is 4. The zero-order valence-corrected chi connectivity index (χ0v) is 14.3. The molecular weight excluding hydrogens is 290 g/mol. The Morgan fingerprint density at radius 1 is 1.00 bits per heavy atom. The summed E-state index contributed by atoms with van der Waals surface area (Å²) in [5, 5.41) is 2.97. The van der Waals surface area contributed by atoms with Crippen LogP contribution in [0.2, 0.25) is 0 Å². The number of nitrogens with zero attached hydrogens (tertiary/aromatic N) is 2. The second kappa shape index (κ2) is 7.05. The van der Waals surface area contributed by atoms with E-state index in [0.29, 0.717) is 17.0 Å². The highest BCUT2D eigenvalue weighted by Gasteiger charge is 2.17. The molecule has 0 atom stereocenters. The van der Waals surface area contributed by atoms with Gasteiger partial charge in [-0.2, -0.15) is 0 Å². The predicted molar refractivity (Wildman–Crippen MR) is 96.0 cm³/mol. The first kappa shape index (κ1) is 16.7. The molecule has 0 radical (unpaired) electrons. The third kappa shape index (κ3) is 3.74. The zero-order chi connectivity index (χ0) is 17.0. The van der Waals surface area contributed by atoms with Crippen LogP contribution < -0.4 is 19.9 Å². The molecule has 0 unspecified atom stereocenters. The molecule has 0 aromatic heterocycles. The van der Waals surface area contributed by atoms with Crippen LogP contribution in [0.15, 0.2) is 42.5 Å². The van der Waals surface area contributed by atoms with Crippen molar-refractivity contribution in [3.63, 3.8) is 0 Å². The van der Waals surface area contributed by atoms with Crippen molar-refractivity contribution in [3.8, 4) is 5.75 Å². The number of benzene rings is 2. The summed E-state index contributed by atoms with van der Waals surface area (Å²) in [6, 6.07) is 13.1. The number of nitrogens with one attached hydrogen (secondary N) is 1. The van der Waals surface area contributed by atoms with Gasteiger partial charge in [-0.15, -0.1) is 0 Å². The highest BCUT2D eigenvalue weighted by atomic mass is 16.5. The van der Waals surface area contributed by atoms with Crippen LogP contribution in [0.5, 0.6) is 5.75 Å². The van der Waals surface area contributed by atoms with Crippen LogP contribution in [0, 0.1) is 0 Å². The predicted octanol–water partition coefficient (Wildman–Crippen LogP) is 3.08. The fourth-order valence-electron chi connectivity index (χ4n) is 2.26. The summed E-state index contributed by atoms with van der Waals surface area (Å²) in [4.78, 5) is 16.4. The number of rotatable bonds is 5. The van der Waals surface area contributed by atoms with E-state index in [1.807, 2.05) is 68.3 Å². The second-order valence-electron chi connectivity index (χ2n) is 5.65. The Bertz CT molecular complexity index is 682. The largest absolute Gasteiger partial charge is 0.494 e. The molecule has 0 fully saturated rings. The van der Waals surface area contributed by atoms with Crippen LogP contribution in [0.25, 0.3) is 0 Å². The standard InChI is InChI=1S/C18H23N3O2/c1-20(2)14-11-15(21(3)4)17(16(12-14)23-5)19-18(22)13-9-7-6-8-10-13/h6-12H,1-5H3,(H,19,22). The quantitative estimate of drug-likeness (QED) is 0.921. The SMILES string of the molecule is COc1cc(N(C)C)cc(N(C)C)c1NC(=O)c1ccccc1. The van der Waals surface area contributed by atoms with Crippen molar-refractivity contribution in [3.05, 3.63) is 48.0 Å². The Morgan fingerprint density at radius 3 is 2.17 bits per heavy atom. The molecule has 0 saturated carbocycles. The van der Waals surface area contributed by atoms with Crippen molar-refractivity contribution in [1.82, 2.24) is 0 Å². The molecule has 122 valence electrons. The van der Waals surface area contributed by atoms with Crippen molar-refractivity contribution in [2.75, 3.05) is 50.4 Å². The van der Waals surface area contributed by atoms with E-state index in [4.69, 9.17) is 4.74 Å². The van der Waals surface area contributed by atoms with E-state index >= 15 is 0 Å². The van der Waals surface area contributed by atoms with Gasteiger partial charge in [0, 0.05) is 45.5 Å². The molecular formula is C18H23N3O2. The van der Waals surface area contributed by atoms with Crippen LogP contribution in [-0.2, 0) is 0 Å². The second-order valence-corrected chi connectivity index (χ2v) is 5.65. The molecule has 2 aromatic rings. The molecule has 2 rings (SSSR count). The monoisotopic (exact) mass is 313 g/mol. The molecule has 0 heterocycles. The number of carbonyl (C=O) groups is 1. The minimum Gasteiger partial charge on any atom is -0.494 e. The number of methoxy groups -OCH3 is 1. The van der Waals surface area contributed by atoms with E-state index in [2.05, 4.69) is 5.32 Å². The summed E-state index contributed by atoms with van der Waals surface area (Å²) < 4.78 is 5.50. The van der Waals surface area contributed by atoms with E-state index in [9.17, 15) is 4.79 Å². The topological polar surface area (TPSA) is 44.8 Å². The van der Waals surface area contributed by atoms with Crippen molar-refractivity contribution < 1.29 is 9.53 Å². The average Bonchev–Trinajstić information content (AvgIpc) is 2.55. The van der Waals surface area contributed by atoms with Crippen molar-refractivity contribution in [2.45, 2.75) is 0 Å². The van der Waals surface area contributed by atoms with Gasteiger partial charge in [-0.25, -0.2) is 0 Å². The van der Waals surface area contributed by atoms with Gasteiger partial charge in [0.1, 0.15) is 11.4 Å². The first-order chi connectivity index (χ1) is 10.9. The number of ether oxygens (including phenoxy) is 1. The smallest absolute Gasteiger partial charge is 0.255 e. The molecule has 0 aliphatic rings. The van der Waals surface area contributed by atoms with Gasteiger partial charge in [-0.05, 0) is 18.2 Å². The minimum absolute atomic E-state index is 0.162. The highest BCUT2D eigenvalue weighted by molar-refractivity contribution is 6.07. The summed E-state index contributed by atoms with van der Waals surface area (Å²) in [5.41, 5.74) is 3.16. The van der Waals surface area contributed by atoms with Crippen molar-refractivity contribution in [1.29, 1.82) is 0 Å². The van der Waals surface area contributed by atoms with Crippen LogP contribution in [0.3, 0.4) is 0 Å². The first-order valence-electron chi connectivity index (χ1n) is 7.37. The molecule has 1 N–H and O–H groups in total. The van der Waals surface area contributed by atoms with Gasteiger partial charge in [-0.1, -0.05) is 18.2 Å². The third-order valence-electron chi connectivity index (χ3n) is 3.56. The van der Waals surface area contributed by atoms with E-state index in [-0.39, 0.29) is 5.91 Å². The molecule has 2 aromatic carbocycles. The van der Waals surface area contributed by atoms with Crippen molar-refractivity contribution >= 4 is 23.0 Å². The van der Waals surface area contributed by atoms with Crippen LogP contribution in [0.4, 0.5) is 17.1 Å². The molecule has 0 bridgehead atoms. The van der Waals surface area contributed by atoms with Gasteiger partial charge < -0.3 is 19.9 Å². The molecule has 5 nitrogen and oxygen atoms in total. The van der Waals surface area contributed by atoms with Gasteiger partial charge in [0.05, 0.1) is 12.8 Å². The minimum atomic E-state index is -0.162. The molecule has 0 aliphatic heterocycles. The van der Waals surface area contributed by atoms with Gasteiger partial charge >= 0.3 is 0 Å². The number of amides is 1. The molecule has 5 heteroatoms. The Morgan fingerprint density at radius 2 is 1.65 bits per heavy atom. The van der Waals surface area contributed by atoms with Crippen LogP contribution in [0.1, 0.15) is 10.4 Å². The molecule has 1 amide bonds.